The predicted molar refractivity (Wildman–Crippen MR) is 119 cm³/mol. The molecule has 5 nitrogen and oxygen atoms in total. The Morgan fingerprint density at radius 3 is 2.82 bits per heavy atom. The molecule has 1 amide bonds. The summed E-state index contributed by atoms with van der Waals surface area (Å²) in [4.78, 5) is 18.4. The van der Waals surface area contributed by atoms with Crippen molar-refractivity contribution in [2.24, 2.45) is 4.99 Å². The highest BCUT2D eigenvalue weighted by atomic mass is 127. The van der Waals surface area contributed by atoms with E-state index in [0.717, 1.165) is 50.9 Å². The number of nitrogens with zero attached hydrogens (tertiary/aromatic N) is 2. The molecule has 0 spiro atoms. The van der Waals surface area contributed by atoms with Gasteiger partial charge in [-0.15, -0.1) is 24.0 Å². The molecule has 2 rings (SSSR count). The Balaban J connectivity index is 0.00000392. The third-order valence-corrected chi connectivity index (χ3v) is 4.57. The lowest BCUT2D eigenvalue weighted by molar-refractivity contribution is -0.130. The Labute approximate surface area is 183 Å². The Morgan fingerprint density at radius 1 is 1.21 bits per heavy atom. The van der Waals surface area contributed by atoms with Crippen LogP contribution in [0.2, 0.25) is 0 Å². The number of nitrogens with one attached hydrogen (secondary N) is 2. The van der Waals surface area contributed by atoms with Crippen molar-refractivity contribution in [3.8, 4) is 0 Å². The Morgan fingerprint density at radius 2 is 2.04 bits per heavy atom. The molecule has 1 aromatic carbocycles. The number of benzene rings is 1. The number of aliphatic imine (C=N–C) groups is 1. The molecule has 8 heteroatoms. The van der Waals surface area contributed by atoms with Gasteiger partial charge in [-0.05, 0) is 56.4 Å². The standard InChI is InChI=1S/C20H30F2N4O.HI/c1-2-23-20(25-12-10-16-15-17(21)8-9-18(16)22)24-11-6-14-26-13-5-3-4-7-19(26)27;/h8-9,15H,2-7,10-14H2,1H3,(H2,23,24,25);1H. The van der Waals surface area contributed by atoms with E-state index >= 15 is 0 Å². The molecule has 0 saturated carbocycles. The van der Waals surface area contributed by atoms with Crippen LogP contribution in [-0.2, 0) is 11.2 Å². The van der Waals surface area contributed by atoms with Gasteiger partial charge in [0.2, 0.25) is 5.91 Å². The lowest BCUT2D eigenvalue weighted by Crippen LogP contribution is -2.38. The van der Waals surface area contributed by atoms with Crippen LogP contribution in [0.3, 0.4) is 0 Å². The van der Waals surface area contributed by atoms with Crippen molar-refractivity contribution in [1.82, 2.24) is 15.5 Å². The minimum atomic E-state index is -0.435. The van der Waals surface area contributed by atoms with Gasteiger partial charge in [0.1, 0.15) is 11.6 Å². The molecule has 2 N–H and O–H groups in total. The minimum Gasteiger partial charge on any atom is -0.357 e. The van der Waals surface area contributed by atoms with Crippen LogP contribution in [0.5, 0.6) is 0 Å². The predicted octanol–water partition coefficient (Wildman–Crippen LogP) is 3.47. The molecule has 1 heterocycles. The summed E-state index contributed by atoms with van der Waals surface area (Å²) in [5.74, 6) is 0.0624. The van der Waals surface area contributed by atoms with Crippen LogP contribution in [-0.4, -0.2) is 49.5 Å². The van der Waals surface area contributed by atoms with Gasteiger partial charge >= 0.3 is 0 Å². The minimum absolute atomic E-state index is 0. The number of amides is 1. The molecule has 1 aliphatic heterocycles. The molecular weight excluding hydrogens is 477 g/mol. The van der Waals surface area contributed by atoms with Crippen molar-refractivity contribution in [3.05, 3.63) is 35.4 Å². The summed E-state index contributed by atoms with van der Waals surface area (Å²) in [7, 11) is 0. The van der Waals surface area contributed by atoms with Crippen molar-refractivity contribution >= 4 is 35.8 Å². The van der Waals surface area contributed by atoms with E-state index in [4.69, 9.17) is 0 Å². The third kappa shape index (κ3) is 8.70. The maximum atomic E-state index is 13.7. The van der Waals surface area contributed by atoms with Gasteiger partial charge in [0.25, 0.3) is 0 Å². The third-order valence-electron chi connectivity index (χ3n) is 4.57. The van der Waals surface area contributed by atoms with E-state index in [9.17, 15) is 13.6 Å². The van der Waals surface area contributed by atoms with Gasteiger partial charge in [0.05, 0.1) is 0 Å². The molecule has 28 heavy (non-hydrogen) atoms. The highest BCUT2D eigenvalue weighted by Crippen LogP contribution is 2.11. The number of hydrogen-bond acceptors (Lipinski definition) is 2. The van der Waals surface area contributed by atoms with E-state index in [1.165, 1.54) is 6.07 Å². The Bertz CT molecular complexity index is 643. The summed E-state index contributed by atoms with van der Waals surface area (Å²) in [5.41, 5.74) is 0.345. The van der Waals surface area contributed by atoms with Crippen molar-refractivity contribution < 1.29 is 13.6 Å². The van der Waals surface area contributed by atoms with Crippen LogP contribution in [0.15, 0.2) is 23.2 Å². The van der Waals surface area contributed by atoms with Crippen LogP contribution in [0.1, 0.15) is 44.6 Å². The number of guanidine groups is 1. The van der Waals surface area contributed by atoms with E-state index < -0.39 is 11.6 Å². The topological polar surface area (TPSA) is 56.7 Å². The van der Waals surface area contributed by atoms with Crippen molar-refractivity contribution in [2.45, 2.75) is 45.4 Å². The van der Waals surface area contributed by atoms with Crippen LogP contribution >= 0.6 is 24.0 Å². The first kappa shape index (κ1) is 24.6. The van der Waals surface area contributed by atoms with E-state index in [-0.39, 0.29) is 29.9 Å². The van der Waals surface area contributed by atoms with Gasteiger partial charge in [-0.2, -0.15) is 0 Å². The molecule has 0 unspecified atom stereocenters. The second kappa shape index (κ2) is 13.7. The average Bonchev–Trinajstić information content (AvgIpc) is 2.85. The molecule has 1 aliphatic rings. The number of carbonyl (C=O) groups is 1. The zero-order chi connectivity index (χ0) is 19.5. The fraction of sp³-hybridized carbons (Fsp3) is 0.600. The summed E-state index contributed by atoms with van der Waals surface area (Å²) in [6.45, 7) is 5.32. The van der Waals surface area contributed by atoms with Gasteiger partial charge in [0, 0.05) is 39.1 Å². The molecule has 1 aromatic rings. The Kier molecular flexibility index (Phi) is 12.0. The number of hydrogen-bond donors (Lipinski definition) is 2. The summed E-state index contributed by atoms with van der Waals surface area (Å²) in [5, 5.41) is 6.28. The second-order valence-electron chi connectivity index (χ2n) is 6.72. The smallest absolute Gasteiger partial charge is 0.222 e. The van der Waals surface area contributed by atoms with Crippen LogP contribution in [0.25, 0.3) is 0 Å². The number of likely N-dealkylation sites (tertiary alicyclic amines) is 1. The van der Waals surface area contributed by atoms with E-state index in [2.05, 4.69) is 15.6 Å². The summed E-state index contributed by atoms with van der Waals surface area (Å²) in [6.07, 6.45) is 5.03. The zero-order valence-electron chi connectivity index (χ0n) is 16.5. The van der Waals surface area contributed by atoms with E-state index in [0.29, 0.717) is 44.0 Å². The summed E-state index contributed by atoms with van der Waals surface area (Å²) >= 11 is 0. The van der Waals surface area contributed by atoms with Crippen molar-refractivity contribution in [1.29, 1.82) is 0 Å². The highest BCUT2D eigenvalue weighted by molar-refractivity contribution is 14.0. The average molecular weight is 508 g/mol. The normalized spacial score (nSPS) is 15.0. The summed E-state index contributed by atoms with van der Waals surface area (Å²) < 4.78 is 26.9. The van der Waals surface area contributed by atoms with Gasteiger partial charge < -0.3 is 15.5 Å². The zero-order valence-corrected chi connectivity index (χ0v) is 18.8. The molecule has 0 atom stereocenters. The first-order valence-corrected chi connectivity index (χ1v) is 9.84. The van der Waals surface area contributed by atoms with Gasteiger partial charge in [0.15, 0.2) is 5.96 Å². The fourth-order valence-electron chi connectivity index (χ4n) is 3.12. The lowest BCUT2D eigenvalue weighted by atomic mass is 10.1. The molecule has 1 fully saturated rings. The maximum absolute atomic E-state index is 13.7. The first-order chi connectivity index (χ1) is 13.1. The van der Waals surface area contributed by atoms with Crippen molar-refractivity contribution in [2.75, 3.05) is 32.7 Å². The number of carbonyl (C=O) groups excluding carboxylic acids is 1. The SMILES string of the molecule is CCNC(=NCCCN1CCCCCC1=O)NCCc1cc(F)ccc1F.I. The van der Waals surface area contributed by atoms with E-state index in [1.54, 1.807) is 0 Å². The summed E-state index contributed by atoms with van der Waals surface area (Å²) in [6, 6.07) is 3.49. The molecule has 0 aromatic heterocycles. The monoisotopic (exact) mass is 508 g/mol. The lowest BCUT2D eigenvalue weighted by Gasteiger charge is -2.20. The second-order valence-corrected chi connectivity index (χ2v) is 6.72. The van der Waals surface area contributed by atoms with Crippen LogP contribution < -0.4 is 10.6 Å². The van der Waals surface area contributed by atoms with Crippen molar-refractivity contribution in [3.63, 3.8) is 0 Å². The maximum Gasteiger partial charge on any atom is 0.222 e. The molecule has 0 bridgehead atoms. The van der Waals surface area contributed by atoms with Gasteiger partial charge in [-0.3, -0.25) is 9.79 Å². The number of rotatable bonds is 8. The number of halogens is 3. The van der Waals surface area contributed by atoms with Crippen LogP contribution in [0, 0.1) is 11.6 Å². The first-order valence-electron chi connectivity index (χ1n) is 9.84. The largest absolute Gasteiger partial charge is 0.357 e. The highest BCUT2D eigenvalue weighted by Gasteiger charge is 2.15. The van der Waals surface area contributed by atoms with Gasteiger partial charge in [-0.1, -0.05) is 6.42 Å². The fourth-order valence-corrected chi connectivity index (χ4v) is 3.12. The molecule has 0 aliphatic carbocycles. The molecule has 158 valence electrons. The Hall–Kier alpha value is -1.45. The molecule has 0 radical (unpaired) electrons. The van der Waals surface area contributed by atoms with E-state index in [1.807, 2.05) is 11.8 Å². The quantitative estimate of drug-likeness (QED) is 0.245. The van der Waals surface area contributed by atoms with Gasteiger partial charge in [-0.25, -0.2) is 8.78 Å². The molecular formula is C20H31F2IN4O. The van der Waals surface area contributed by atoms with Crippen LogP contribution in [0.4, 0.5) is 8.78 Å². The molecule has 1 saturated heterocycles.